The van der Waals surface area contributed by atoms with Gasteiger partial charge in [-0.25, -0.2) is 5.48 Å². The Balaban J connectivity index is 1.34. The van der Waals surface area contributed by atoms with Crippen molar-refractivity contribution in [3.05, 3.63) is 83.1 Å². The van der Waals surface area contributed by atoms with Gasteiger partial charge in [-0.05, 0) is 61.6 Å². The number of aromatic nitrogens is 2. The fourth-order valence-corrected chi connectivity index (χ4v) is 4.93. The van der Waals surface area contributed by atoms with Gasteiger partial charge < -0.3 is 9.51 Å². The first-order valence-corrected chi connectivity index (χ1v) is 11.6. The third-order valence-electron chi connectivity index (χ3n) is 6.57. The van der Waals surface area contributed by atoms with Crippen LogP contribution in [0.3, 0.4) is 0 Å². The molecule has 34 heavy (non-hydrogen) atoms. The van der Waals surface area contributed by atoms with Gasteiger partial charge in [0.25, 0.3) is 5.91 Å². The minimum Gasteiger partial charge on any atom is -0.361 e. The van der Waals surface area contributed by atoms with Crippen molar-refractivity contribution < 1.29 is 14.5 Å². The molecule has 174 valence electrons. The van der Waals surface area contributed by atoms with Crippen LogP contribution in [0.5, 0.6) is 0 Å². The molecule has 1 saturated heterocycles. The van der Waals surface area contributed by atoms with E-state index in [4.69, 9.17) is 9.73 Å². The number of carbonyl (C=O) groups is 1. The Kier molecular flexibility index (Phi) is 6.29. The number of nitrogens with one attached hydrogen (secondary N) is 2. The van der Waals surface area contributed by atoms with Gasteiger partial charge in [0.1, 0.15) is 11.5 Å². The molecular formula is C27H28N4O3. The van der Waals surface area contributed by atoms with Crippen molar-refractivity contribution in [2.75, 3.05) is 13.1 Å². The summed E-state index contributed by atoms with van der Waals surface area (Å²) in [5.74, 6) is 0.262. The van der Waals surface area contributed by atoms with Crippen molar-refractivity contribution in [3.63, 3.8) is 0 Å². The quantitative estimate of drug-likeness (QED) is 0.206. The van der Waals surface area contributed by atoms with Crippen molar-refractivity contribution in [1.82, 2.24) is 20.5 Å². The SMILES string of the molecule is Cc1cc(-c2[nH]c3ccccc3c2CCN2CCCC2c2ccc(/C=C/C(=O)NO)cc2)no1. The molecular weight excluding hydrogens is 428 g/mol. The number of nitrogens with zero attached hydrogens (tertiary/aromatic N) is 2. The van der Waals surface area contributed by atoms with E-state index in [0.717, 1.165) is 54.2 Å². The summed E-state index contributed by atoms with van der Waals surface area (Å²) in [4.78, 5) is 17.3. The normalized spacial score (nSPS) is 16.6. The standard InChI is InChI=1S/C27H28N4O3/c1-18-17-24(30-34-18)27-22(21-5-2-3-6-23(21)28-27)14-16-31-15-4-7-25(31)20-11-8-19(9-12-20)10-13-26(32)29-33/h2-3,5-6,8-13,17,25,28,33H,4,7,14-16H2,1H3,(H,29,32)/b13-10+. The molecule has 0 aliphatic carbocycles. The van der Waals surface area contributed by atoms with Crippen molar-refractivity contribution >= 4 is 22.9 Å². The molecule has 1 fully saturated rings. The second kappa shape index (κ2) is 9.67. The number of fused-ring (bicyclic) bond motifs is 1. The number of hydrogen-bond donors (Lipinski definition) is 3. The van der Waals surface area contributed by atoms with Gasteiger partial charge in [-0.3, -0.25) is 14.9 Å². The van der Waals surface area contributed by atoms with Gasteiger partial charge in [-0.15, -0.1) is 0 Å². The van der Waals surface area contributed by atoms with Crippen molar-refractivity contribution in [1.29, 1.82) is 0 Å². The number of hydrogen-bond acceptors (Lipinski definition) is 5. The number of likely N-dealkylation sites (tertiary alicyclic amines) is 1. The molecule has 4 aromatic rings. The Bertz CT molecular complexity index is 1320. The average molecular weight is 457 g/mol. The smallest absolute Gasteiger partial charge is 0.267 e. The van der Waals surface area contributed by atoms with Gasteiger partial charge in [0, 0.05) is 35.6 Å². The first-order chi connectivity index (χ1) is 16.6. The molecule has 5 rings (SSSR count). The molecule has 1 unspecified atom stereocenters. The number of para-hydroxylation sites is 1. The monoisotopic (exact) mass is 456 g/mol. The van der Waals surface area contributed by atoms with E-state index in [9.17, 15) is 4.79 Å². The lowest BCUT2D eigenvalue weighted by molar-refractivity contribution is -0.124. The van der Waals surface area contributed by atoms with E-state index in [0.29, 0.717) is 6.04 Å². The van der Waals surface area contributed by atoms with E-state index in [2.05, 4.69) is 45.4 Å². The van der Waals surface area contributed by atoms with E-state index >= 15 is 0 Å². The molecule has 0 radical (unpaired) electrons. The lowest BCUT2D eigenvalue weighted by atomic mass is 10.0. The van der Waals surface area contributed by atoms with E-state index < -0.39 is 5.91 Å². The number of amides is 1. The molecule has 7 heteroatoms. The minimum absolute atomic E-state index is 0.377. The first kappa shape index (κ1) is 22.1. The highest BCUT2D eigenvalue weighted by atomic mass is 16.5. The maximum absolute atomic E-state index is 11.2. The number of aryl methyl sites for hydroxylation is 1. The maximum atomic E-state index is 11.2. The van der Waals surface area contributed by atoms with Crippen LogP contribution < -0.4 is 5.48 Å². The summed E-state index contributed by atoms with van der Waals surface area (Å²) in [5, 5.41) is 14.1. The topological polar surface area (TPSA) is 94.4 Å². The van der Waals surface area contributed by atoms with Crippen LogP contribution in [-0.2, 0) is 11.2 Å². The second-order valence-corrected chi connectivity index (χ2v) is 8.77. The Morgan fingerprint density at radius 3 is 2.85 bits per heavy atom. The molecule has 3 N–H and O–H groups in total. The van der Waals surface area contributed by atoms with Gasteiger partial charge >= 0.3 is 0 Å². The molecule has 0 bridgehead atoms. The zero-order valence-corrected chi connectivity index (χ0v) is 19.1. The summed E-state index contributed by atoms with van der Waals surface area (Å²) in [7, 11) is 0. The van der Waals surface area contributed by atoms with Crippen LogP contribution in [0.2, 0.25) is 0 Å². The summed E-state index contributed by atoms with van der Waals surface area (Å²) in [6.45, 7) is 3.94. The minimum atomic E-state index is -0.538. The summed E-state index contributed by atoms with van der Waals surface area (Å²) in [6.07, 6.45) is 6.22. The van der Waals surface area contributed by atoms with Gasteiger partial charge in [-0.2, -0.15) is 0 Å². The van der Waals surface area contributed by atoms with Crippen molar-refractivity contribution in [2.24, 2.45) is 0 Å². The van der Waals surface area contributed by atoms with Crippen LogP contribution in [0.1, 0.15) is 41.3 Å². The highest BCUT2D eigenvalue weighted by Crippen LogP contribution is 2.34. The number of aromatic amines is 1. The summed E-state index contributed by atoms with van der Waals surface area (Å²) >= 11 is 0. The van der Waals surface area contributed by atoms with Crippen LogP contribution in [0.15, 0.2) is 65.2 Å². The number of rotatable bonds is 7. The Morgan fingerprint density at radius 1 is 1.26 bits per heavy atom. The first-order valence-electron chi connectivity index (χ1n) is 11.6. The number of carbonyl (C=O) groups excluding carboxylic acids is 1. The molecule has 2 aromatic carbocycles. The molecule has 7 nitrogen and oxygen atoms in total. The van der Waals surface area contributed by atoms with Gasteiger partial charge in [0.2, 0.25) is 0 Å². The van der Waals surface area contributed by atoms with E-state index in [1.165, 1.54) is 29.0 Å². The Labute approximate surface area is 198 Å². The van der Waals surface area contributed by atoms with Crippen LogP contribution in [0.25, 0.3) is 28.4 Å². The second-order valence-electron chi connectivity index (χ2n) is 8.77. The van der Waals surface area contributed by atoms with Crippen LogP contribution >= 0.6 is 0 Å². The van der Waals surface area contributed by atoms with Crippen LogP contribution in [-0.4, -0.2) is 39.2 Å². The molecule has 1 atom stereocenters. The summed E-state index contributed by atoms with van der Waals surface area (Å²) in [6, 6.07) is 19.0. The molecule has 1 aliphatic heterocycles. The average Bonchev–Trinajstić information content (AvgIpc) is 3.59. The fraction of sp³-hybridized carbons (Fsp3) is 0.259. The molecule has 1 amide bonds. The third kappa shape index (κ3) is 4.53. The van der Waals surface area contributed by atoms with Gasteiger partial charge in [0.15, 0.2) is 0 Å². The summed E-state index contributed by atoms with van der Waals surface area (Å²) in [5.41, 5.74) is 8.09. The summed E-state index contributed by atoms with van der Waals surface area (Å²) < 4.78 is 5.35. The molecule has 0 saturated carbocycles. The van der Waals surface area contributed by atoms with Gasteiger partial charge in [-0.1, -0.05) is 47.6 Å². The zero-order chi connectivity index (χ0) is 23.5. The number of H-pyrrole nitrogens is 1. The largest absolute Gasteiger partial charge is 0.361 e. The fourth-order valence-electron chi connectivity index (χ4n) is 4.93. The van der Waals surface area contributed by atoms with Crippen LogP contribution in [0, 0.1) is 6.92 Å². The number of benzene rings is 2. The maximum Gasteiger partial charge on any atom is 0.267 e. The Morgan fingerprint density at radius 2 is 2.09 bits per heavy atom. The van der Waals surface area contributed by atoms with E-state index in [1.807, 2.05) is 31.2 Å². The predicted molar refractivity (Wildman–Crippen MR) is 131 cm³/mol. The lowest BCUT2D eigenvalue weighted by Crippen LogP contribution is -2.25. The number of hydroxylamine groups is 1. The Hall–Kier alpha value is -3.68. The predicted octanol–water partition coefficient (Wildman–Crippen LogP) is 5.03. The molecule has 2 aromatic heterocycles. The molecule has 1 aliphatic rings. The molecule has 0 spiro atoms. The van der Waals surface area contributed by atoms with Crippen molar-refractivity contribution in [2.45, 2.75) is 32.2 Å². The van der Waals surface area contributed by atoms with Crippen LogP contribution in [0.4, 0.5) is 0 Å². The van der Waals surface area contributed by atoms with E-state index in [1.54, 1.807) is 11.6 Å². The highest BCUT2D eigenvalue weighted by molar-refractivity contribution is 5.91. The highest BCUT2D eigenvalue weighted by Gasteiger charge is 2.26. The molecule has 3 heterocycles. The third-order valence-corrected chi connectivity index (χ3v) is 6.57. The zero-order valence-electron chi connectivity index (χ0n) is 19.1. The van der Waals surface area contributed by atoms with E-state index in [-0.39, 0.29) is 0 Å². The van der Waals surface area contributed by atoms with Crippen molar-refractivity contribution in [3.8, 4) is 11.4 Å². The van der Waals surface area contributed by atoms with Gasteiger partial charge in [0.05, 0.1) is 5.69 Å². The lowest BCUT2D eigenvalue weighted by Gasteiger charge is -2.25.